The van der Waals surface area contributed by atoms with Gasteiger partial charge in [0.05, 0.1) is 38.1 Å². The van der Waals surface area contributed by atoms with E-state index in [4.69, 9.17) is 14.2 Å². The predicted octanol–water partition coefficient (Wildman–Crippen LogP) is 8.61. The second kappa shape index (κ2) is 15.1. The van der Waals surface area contributed by atoms with Gasteiger partial charge < -0.3 is 19.3 Å². The highest BCUT2D eigenvalue weighted by Crippen LogP contribution is 2.44. The standard InChI is InChI=1S/C39H42O4S/c1-2-28-16-18-29(19-17-28)22-32-14-9-15-35-36(20-21-40)39(44-38(32)35)37-24-33(42-26-31-12-7-4-8-13-31)23-34(43-37)27-41-25-30-10-5-3-6-11-30/h3-19,33-34,37,40H,2,20-27H2,1H3. The van der Waals surface area contributed by atoms with Crippen LogP contribution in [0.25, 0.3) is 10.1 Å². The van der Waals surface area contributed by atoms with Crippen LogP contribution in [0.5, 0.6) is 0 Å². The van der Waals surface area contributed by atoms with Crippen LogP contribution in [0.2, 0.25) is 0 Å². The molecule has 4 nitrogen and oxygen atoms in total. The summed E-state index contributed by atoms with van der Waals surface area (Å²) in [4.78, 5) is 1.21. The molecular formula is C39H42O4S. The van der Waals surface area contributed by atoms with Gasteiger partial charge in [0.1, 0.15) is 0 Å². The van der Waals surface area contributed by atoms with Gasteiger partial charge in [-0.2, -0.15) is 0 Å². The number of fused-ring (bicyclic) bond motifs is 1. The number of aryl methyl sites for hydroxylation is 1. The number of aliphatic hydroxyl groups is 1. The molecule has 2 heterocycles. The average molecular weight is 607 g/mol. The Morgan fingerprint density at radius 1 is 0.773 bits per heavy atom. The molecule has 0 aliphatic carbocycles. The van der Waals surface area contributed by atoms with Crippen LogP contribution in [0.4, 0.5) is 0 Å². The molecule has 3 unspecified atom stereocenters. The number of thiophene rings is 1. The molecule has 1 aromatic heterocycles. The second-order valence-electron chi connectivity index (χ2n) is 11.7. The first-order valence-corrected chi connectivity index (χ1v) is 16.7. The van der Waals surface area contributed by atoms with E-state index in [0.717, 1.165) is 31.2 Å². The van der Waals surface area contributed by atoms with Crippen molar-refractivity contribution in [3.05, 3.63) is 141 Å². The van der Waals surface area contributed by atoms with Crippen LogP contribution in [-0.2, 0) is 46.7 Å². The van der Waals surface area contributed by atoms with Crippen LogP contribution in [-0.4, -0.2) is 30.5 Å². The summed E-state index contributed by atoms with van der Waals surface area (Å²) < 4.78 is 20.8. The van der Waals surface area contributed by atoms with E-state index in [9.17, 15) is 5.11 Å². The lowest BCUT2D eigenvalue weighted by molar-refractivity contribution is -0.141. The molecule has 5 aromatic rings. The van der Waals surface area contributed by atoms with Crippen LogP contribution in [0, 0.1) is 0 Å². The highest BCUT2D eigenvalue weighted by atomic mass is 32.1. The van der Waals surface area contributed by atoms with E-state index in [1.54, 1.807) is 0 Å². The Morgan fingerprint density at radius 2 is 1.48 bits per heavy atom. The predicted molar refractivity (Wildman–Crippen MR) is 179 cm³/mol. The molecule has 1 aliphatic rings. The van der Waals surface area contributed by atoms with Gasteiger partial charge in [-0.25, -0.2) is 0 Å². The van der Waals surface area contributed by atoms with Crippen LogP contribution < -0.4 is 0 Å². The van der Waals surface area contributed by atoms with Gasteiger partial charge >= 0.3 is 0 Å². The van der Waals surface area contributed by atoms with Gasteiger partial charge in [0, 0.05) is 29.0 Å². The molecule has 6 rings (SSSR count). The zero-order valence-electron chi connectivity index (χ0n) is 25.5. The lowest BCUT2D eigenvalue weighted by atomic mass is 9.95. The Kier molecular flexibility index (Phi) is 10.5. The number of ether oxygens (including phenoxy) is 3. The molecule has 0 saturated carbocycles. The number of benzene rings is 4. The zero-order valence-corrected chi connectivity index (χ0v) is 26.3. The largest absolute Gasteiger partial charge is 0.396 e. The molecule has 4 aromatic carbocycles. The molecule has 3 atom stereocenters. The van der Waals surface area contributed by atoms with Crippen LogP contribution >= 0.6 is 11.3 Å². The van der Waals surface area contributed by atoms with E-state index in [0.29, 0.717) is 26.2 Å². The maximum Gasteiger partial charge on any atom is 0.0949 e. The number of aliphatic hydroxyl groups excluding tert-OH is 1. The Hall–Kier alpha value is -3.32. The monoisotopic (exact) mass is 606 g/mol. The number of hydrogen-bond donors (Lipinski definition) is 1. The van der Waals surface area contributed by atoms with E-state index in [1.807, 2.05) is 35.6 Å². The van der Waals surface area contributed by atoms with Crippen molar-refractivity contribution in [2.24, 2.45) is 0 Å². The minimum absolute atomic E-state index is 0.0445. The van der Waals surface area contributed by atoms with Crippen LogP contribution in [0.3, 0.4) is 0 Å². The summed E-state index contributed by atoms with van der Waals surface area (Å²) >= 11 is 1.83. The second-order valence-corrected chi connectivity index (χ2v) is 12.7. The molecular weight excluding hydrogens is 564 g/mol. The molecule has 0 bridgehead atoms. The lowest BCUT2D eigenvalue weighted by Gasteiger charge is -2.35. The SMILES string of the molecule is CCc1ccc(Cc2cccc3c(CCO)c(C4CC(OCc5ccccc5)CC(COCc5ccccc5)O4)sc23)cc1. The number of hydrogen-bond acceptors (Lipinski definition) is 5. The minimum Gasteiger partial charge on any atom is -0.396 e. The Balaban J connectivity index is 1.26. The van der Waals surface area contributed by atoms with Gasteiger partial charge in [0.15, 0.2) is 0 Å². The molecule has 44 heavy (non-hydrogen) atoms. The van der Waals surface area contributed by atoms with Crippen LogP contribution in [0.1, 0.15) is 64.1 Å². The van der Waals surface area contributed by atoms with Crippen molar-refractivity contribution in [3.8, 4) is 0 Å². The van der Waals surface area contributed by atoms with Gasteiger partial charge in [0.2, 0.25) is 0 Å². The van der Waals surface area contributed by atoms with Crippen LogP contribution in [0.15, 0.2) is 103 Å². The molecule has 1 fully saturated rings. The third kappa shape index (κ3) is 7.66. The Labute approximate surface area is 265 Å². The van der Waals surface area contributed by atoms with Crippen molar-refractivity contribution in [1.82, 2.24) is 0 Å². The average Bonchev–Trinajstić information content (AvgIpc) is 3.44. The smallest absolute Gasteiger partial charge is 0.0949 e. The molecule has 0 radical (unpaired) electrons. The summed E-state index contributed by atoms with van der Waals surface area (Å²) in [6.45, 7) is 3.94. The van der Waals surface area contributed by atoms with E-state index in [2.05, 4.69) is 85.8 Å². The third-order valence-electron chi connectivity index (χ3n) is 8.51. The fourth-order valence-corrected chi connectivity index (χ4v) is 7.59. The summed E-state index contributed by atoms with van der Waals surface area (Å²) in [6, 6.07) is 36.2. The van der Waals surface area contributed by atoms with E-state index in [-0.39, 0.29) is 24.9 Å². The molecule has 1 N–H and O–H groups in total. The van der Waals surface area contributed by atoms with Gasteiger partial charge in [-0.15, -0.1) is 11.3 Å². The molecule has 228 valence electrons. The topological polar surface area (TPSA) is 47.9 Å². The van der Waals surface area contributed by atoms with E-state index < -0.39 is 0 Å². The fraction of sp³-hybridized carbons (Fsp3) is 0.333. The van der Waals surface area contributed by atoms with Crippen molar-refractivity contribution in [3.63, 3.8) is 0 Å². The lowest BCUT2D eigenvalue weighted by Crippen LogP contribution is -2.35. The minimum atomic E-state index is -0.120. The van der Waals surface area contributed by atoms with Gasteiger partial charge in [-0.05, 0) is 58.0 Å². The molecule has 1 aliphatic heterocycles. The normalized spacial score (nSPS) is 18.5. The van der Waals surface area contributed by atoms with Crippen molar-refractivity contribution in [1.29, 1.82) is 0 Å². The van der Waals surface area contributed by atoms with E-state index in [1.165, 1.54) is 42.8 Å². The quantitative estimate of drug-likeness (QED) is 0.146. The summed E-state index contributed by atoms with van der Waals surface area (Å²) in [6.07, 6.45) is 3.94. The summed E-state index contributed by atoms with van der Waals surface area (Å²) in [5.41, 5.74) is 7.52. The molecule has 5 heteroatoms. The van der Waals surface area contributed by atoms with Crippen molar-refractivity contribution >= 4 is 21.4 Å². The maximum absolute atomic E-state index is 10.1. The highest BCUT2D eigenvalue weighted by Gasteiger charge is 2.34. The van der Waals surface area contributed by atoms with Gasteiger partial charge in [-0.3, -0.25) is 0 Å². The highest BCUT2D eigenvalue weighted by molar-refractivity contribution is 7.19. The summed E-state index contributed by atoms with van der Waals surface area (Å²) in [5.74, 6) is 0. The number of rotatable bonds is 13. The summed E-state index contributed by atoms with van der Waals surface area (Å²) in [5, 5.41) is 11.4. The Morgan fingerprint density at radius 3 is 2.18 bits per heavy atom. The molecule has 0 spiro atoms. The van der Waals surface area contributed by atoms with Crippen molar-refractivity contribution in [2.75, 3.05) is 13.2 Å². The molecule has 0 amide bonds. The zero-order chi connectivity index (χ0) is 30.1. The first kappa shape index (κ1) is 30.7. The maximum atomic E-state index is 10.1. The van der Waals surface area contributed by atoms with Crippen molar-refractivity contribution in [2.45, 2.75) is 70.6 Å². The van der Waals surface area contributed by atoms with Gasteiger partial charge in [0.25, 0.3) is 0 Å². The third-order valence-corrected chi connectivity index (χ3v) is 9.93. The first-order valence-electron chi connectivity index (χ1n) is 15.8. The first-order chi connectivity index (χ1) is 21.7. The summed E-state index contributed by atoms with van der Waals surface area (Å²) in [7, 11) is 0. The van der Waals surface area contributed by atoms with Crippen molar-refractivity contribution < 1.29 is 19.3 Å². The van der Waals surface area contributed by atoms with E-state index >= 15 is 0 Å². The fourth-order valence-electron chi connectivity index (χ4n) is 6.18. The Bertz CT molecular complexity index is 1600. The van der Waals surface area contributed by atoms with Gasteiger partial charge in [-0.1, -0.05) is 110 Å². The molecule has 1 saturated heterocycles.